The Morgan fingerprint density at radius 1 is 1.26 bits per heavy atom. The topological polar surface area (TPSA) is 119 Å². The van der Waals surface area contributed by atoms with Crippen LogP contribution in [0, 0.1) is 11.6 Å². The van der Waals surface area contributed by atoms with Gasteiger partial charge in [-0.2, -0.15) is 0 Å². The fraction of sp³-hybridized carbons (Fsp3) is 0.385. The molecule has 0 spiro atoms. The Kier molecular flexibility index (Phi) is 7.26. The molecule has 3 aromatic rings. The number of carbonyl (C=O) groups is 1. The predicted molar refractivity (Wildman–Crippen MR) is 141 cm³/mol. The minimum Gasteiger partial charge on any atom is -0.440 e. The van der Waals surface area contributed by atoms with E-state index < -0.39 is 35.8 Å². The third kappa shape index (κ3) is 4.58. The highest BCUT2D eigenvalue weighted by Gasteiger charge is 2.37. The van der Waals surface area contributed by atoms with Crippen molar-refractivity contribution in [3.63, 3.8) is 0 Å². The number of hydrogen-bond acceptors (Lipinski definition) is 7. The molecule has 1 amide bonds. The van der Waals surface area contributed by atoms with E-state index in [9.17, 15) is 18.4 Å². The van der Waals surface area contributed by atoms with E-state index in [1.54, 1.807) is 27.1 Å². The van der Waals surface area contributed by atoms with E-state index >= 15 is 0 Å². The summed E-state index contributed by atoms with van der Waals surface area (Å²) in [6, 6.07) is 3.35. The lowest BCUT2D eigenvalue weighted by molar-refractivity contribution is 0.0472. The summed E-state index contributed by atoms with van der Waals surface area (Å²) in [7, 11) is 0. The van der Waals surface area contributed by atoms with Crippen LogP contribution in [-0.4, -0.2) is 45.3 Å². The Morgan fingerprint density at radius 2 is 2.03 bits per heavy atom. The number of rotatable bonds is 5. The van der Waals surface area contributed by atoms with Gasteiger partial charge >= 0.3 is 11.8 Å². The van der Waals surface area contributed by atoms with E-state index in [2.05, 4.69) is 28.3 Å². The molecule has 3 N–H and O–H groups in total. The van der Waals surface area contributed by atoms with Crippen LogP contribution in [0.2, 0.25) is 0 Å². The van der Waals surface area contributed by atoms with Crippen molar-refractivity contribution in [3.8, 4) is 0 Å². The lowest BCUT2D eigenvalue weighted by Gasteiger charge is -2.33. The summed E-state index contributed by atoms with van der Waals surface area (Å²) in [6.07, 6.45) is 2.26. The van der Waals surface area contributed by atoms with Crippen molar-refractivity contribution in [2.75, 3.05) is 13.1 Å². The second-order valence-electron chi connectivity index (χ2n) is 9.44. The lowest BCUT2D eigenvalue weighted by atomic mass is 9.88. The quantitative estimate of drug-likeness (QED) is 0.348. The number of imidazole rings is 1. The highest BCUT2D eigenvalue weighted by molar-refractivity contribution is 7.09. The molecule has 3 atom stereocenters. The van der Waals surface area contributed by atoms with Crippen molar-refractivity contribution in [2.45, 2.75) is 49.8 Å². The number of fused-ring (bicyclic) bond motifs is 1. The summed E-state index contributed by atoms with van der Waals surface area (Å²) < 4.78 is 36.1. The lowest BCUT2D eigenvalue weighted by Crippen LogP contribution is -2.41. The fourth-order valence-electron chi connectivity index (χ4n) is 5.49. The van der Waals surface area contributed by atoms with Crippen LogP contribution in [0.3, 0.4) is 0 Å². The Hall–Kier alpha value is -3.64. The largest absolute Gasteiger partial charge is 0.440 e. The van der Waals surface area contributed by atoms with E-state index in [4.69, 9.17) is 10.5 Å². The third-order valence-corrected chi connectivity index (χ3v) is 8.36. The maximum absolute atomic E-state index is 14.6. The highest BCUT2D eigenvalue weighted by atomic mass is 32.1. The smallest absolute Gasteiger partial charge is 0.410 e. The van der Waals surface area contributed by atoms with E-state index in [0.29, 0.717) is 60.9 Å². The molecule has 1 saturated heterocycles. The number of H-pyrrole nitrogens is 1. The zero-order chi connectivity index (χ0) is 27.0. The number of nitrogens with two attached hydrogens (primary N) is 1. The predicted octanol–water partition coefficient (Wildman–Crippen LogP) is 4.98. The summed E-state index contributed by atoms with van der Waals surface area (Å²) in [6.45, 7) is 8.04. The maximum atomic E-state index is 14.6. The van der Waals surface area contributed by atoms with Gasteiger partial charge in [0, 0.05) is 36.0 Å². The van der Waals surface area contributed by atoms with Gasteiger partial charge in [0.1, 0.15) is 6.10 Å². The molecule has 38 heavy (non-hydrogen) atoms. The van der Waals surface area contributed by atoms with Gasteiger partial charge in [-0.3, -0.25) is 9.55 Å². The molecule has 3 heterocycles. The standard InChI is InChI=1S/C26H28F2N6O3S/c1-3-18-24(30-2)32-25(35)34(18)14-9-11-33(12-10-14)26(36)37-19-8-7-16(15-5-4-6-17(27)20(15)28)21(29)23-22(19)31-13-38-23/h3-6,13-14,16,19,21H,1-2,7-12,29H2,(H,32,35). The van der Waals surface area contributed by atoms with Crippen LogP contribution in [-0.2, 0) is 4.74 Å². The van der Waals surface area contributed by atoms with Crippen LogP contribution in [0.5, 0.6) is 0 Å². The number of amides is 1. The van der Waals surface area contributed by atoms with E-state index in [0.717, 1.165) is 6.07 Å². The van der Waals surface area contributed by atoms with Gasteiger partial charge in [0.05, 0.1) is 16.9 Å². The number of nitrogens with one attached hydrogen (secondary N) is 1. The van der Waals surface area contributed by atoms with Crippen molar-refractivity contribution >= 4 is 36.0 Å². The van der Waals surface area contributed by atoms with Crippen LogP contribution in [0.1, 0.15) is 71.6 Å². The minimum absolute atomic E-state index is 0.130. The molecule has 1 aromatic carbocycles. The number of likely N-dealkylation sites (tertiary alicyclic amines) is 1. The van der Waals surface area contributed by atoms with Gasteiger partial charge in [0.2, 0.25) is 0 Å². The molecule has 2 aromatic heterocycles. The number of nitrogens with zero attached hydrogens (tertiary/aromatic N) is 4. The van der Waals surface area contributed by atoms with Crippen molar-refractivity contribution in [1.82, 2.24) is 19.4 Å². The average Bonchev–Trinajstić information content (AvgIpc) is 3.51. The second-order valence-corrected chi connectivity index (χ2v) is 10.3. The molecular formula is C26H28F2N6O3S. The number of hydrogen-bond donors (Lipinski definition) is 2. The molecule has 1 aliphatic carbocycles. The summed E-state index contributed by atoms with van der Waals surface area (Å²) in [4.78, 5) is 38.9. The van der Waals surface area contributed by atoms with Gasteiger partial charge in [-0.1, -0.05) is 18.7 Å². The summed E-state index contributed by atoms with van der Waals surface area (Å²) in [5.74, 6) is -1.95. The Labute approximate surface area is 221 Å². The van der Waals surface area contributed by atoms with Crippen molar-refractivity contribution in [3.05, 3.63) is 74.2 Å². The first kappa shape index (κ1) is 26.0. The van der Waals surface area contributed by atoms with Crippen LogP contribution >= 0.6 is 11.3 Å². The number of halogens is 2. The van der Waals surface area contributed by atoms with Crippen LogP contribution < -0.4 is 11.4 Å². The molecule has 1 fully saturated rings. The van der Waals surface area contributed by atoms with Gasteiger partial charge in [-0.05, 0) is 50.1 Å². The number of thiazole rings is 1. The van der Waals surface area contributed by atoms with Gasteiger partial charge in [-0.15, -0.1) is 11.3 Å². The van der Waals surface area contributed by atoms with E-state index in [1.165, 1.54) is 17.4 Å². The Morgan fingerprint density at radius 3 is 2.74 bits per heavy atom. The number of piperidine rings is 1. The van der Waals surface area contributed by atoms with Crippen molar-refractivity contribution < 1.29 is 18.3 Å². The van der Waals surface area contributed by atoms with Crippen molar-refractivity contribution in [2.24, 2.45) is 10.7 Å². The molecule has 9 nitrogen and oxygen atoms in total. The van der Waals surface area contributed by atoms with Gasteiger partial charge in [0.15, 0.2) is 17.5 Å². The molecule has 2 aliphatic rings. The molecule has 12 heteroatoms. The summed E-state index contributed by atoms with van der Waals surface area (Å²) >= 11 is 1.32. The van der Waals surface area contributed by atoms with E-state index in [1.807, 2.05) is 0 Å². The third-order valence-electron chi connectivity index (χ3n) is 7.41. The monoisotopic (exact) mass is 542 g/mol. The number of aliphatic imine (C=N–C) groups is 1. The van der Waals surface area contributed by atoms with E-state index in [-0.39, 0.29) is 17.3 Å². The Bertz CT molecular complexity index is 1420. The number of carbonyl (C=O) groups excluding carboxylic acids is 1. The SMILES string of the molecule is C=Cc1c(N=C)[nH]c(=O)n1C1CCN(C(=O)OC2CCC(c3cccc(F)c3F)C(N)c3scnc32)CC1. The highest BCUT2D eigenvalue weighted by Crippen LogP contribution is 2.45. The van der Waals surface area contributed by atoms with Crippen molar-refractivity contribution in [1.29, 1.82) is 0 Å². The number of benzene rings is 1. The molecule has 1 aliphatic heterocycles. The van der Waals surface area contributed by atoms with Crippen LogP contribution in [0.4, 0.5) is 19.4 Å². The molecule has 0 radical (unpaired) electrons. The summed E-state index contributed by atoms with van der Waals surface area (Å²) in [5.41, 5.74) is 9.19. The normalized spacial score (nSPS) is 22.0. The molecule has 3 unspecified atom stereocenters. The fourth-order valence-corrected chi connectivity index (χ4v) is 6.39. The zero-order valence-corrected chi connectivity index (χ0v) is 21.4. The second kappa shape index (κ2) is 10.6. The van der Waals surface area contributed by atoms with Gasteiger partial charge in [-0.25, -0.2) is 28.3 Å². The maximum Gasteiger partial charge on any atom is 0.410 e. The molecule has 0 bridgehead atoms. The Balaban J connectivity index is 1.29. The molecule has 5 rings (SSSR count). The number of aromatic amines is 1. The first-order valence-electron chi connectivity index (χ1n) is 12.4. The van der Waals surface area contributed by atoms with Gasteiger partial charge < -0.3 is 15.4 Å². The zero-order valence-electron chi connectivity index (χ0n) is 20.6. The van der Waals surface area contributed by atoms with Crippen LogP contribution in [0.15, 0.2) is 40.1 Å². The van der Waals surface area contributed by atoms with Crippen LogP contribution in [0.25, 0.3) is 6.08 Å². The molecule has 200 valence electrons. The molecular weight excluding hydrogens is 514 g/mol. The van der Waals surface area contributed by atoms with Gasteiger partial charge in [0.25, 0.3) is 0 Å². The first-order chi connectivity index (χ1) is 18.3. The number of aromatic nitrogens is 3. The number of ether oxygens (including phenoxy) is 1. The minimum atomic E-state index is -0.922. The molecule has 0 saturated carbocycles. The average molecular weight is 543 g/mol. The first-order valence-corrected chi connectivity index (χ1v) is 13.2. The summed E-state index contributed by atoms with van der Waals surface area (Å²) in [5, 5.41) is 0.